The Bertz CT molecular complexity index is 1270. The zero-order valence-corrected chi connectivity index (χ0v) is 16.3. The van der Waals surface area contributed by atoms with Crippen LogP contribution in [-0.2, 0) is 6.42 Å². The predicted octanol–water partition coefficient (Wildman–Crippen LogP) is 6.07. The summed E-state index contributed by atoms with van der Waals surface area (Å²) in [5.74, 6) is 1.88. The molecule has 0 aliphatic carbocycles. The third kappa shape index (κ3) is 3.89. The number of hydrogen-bond donors (Lipinski definition) is 0. The number of para-hydroxylation sites is 1. The Morgan fingerprint density at radius 2 is 1.43 bits per heavy atom. The van der Waals surface area contributed by atoms with Crippen LogP contribution in [-0.4, -0.2) is 15.0 Å². The number of aromatic nitrogens is 3. The van der Waals surface area contributed by atoms with Crippen LogP contribution in [0.4, 0.5) is 0 Å². The minimum atomic E-state index is 0.537. The average molecular weight is 389 g/mol. The lowest BCUT2D eigenvalue weighted by Crippen LogP contribution is -1.96. The van der Waals surface area contributed by atoms with E-state index in [4.69, 9.17) is 4.74 Å². The second-order valence-corrected chi connectivity index (χ2v) is 7.02. The van der Waals surface area contributed by atoms with Crippen LogP contribution in [0.1, 0.15) is 11.1 Å². The fourth-order valence-corrected chi connectivity index (χ4v) is 3.37. The molecule has 30 heavy (non-hydrogen) atoms. The predicted molar refractivity (Wildman–Crippen MR) is 119 cm³/mol. The van der Waals surface area contributed by atoms with Gasteiger partial charge in [-0.25, -0.2) is 4.98 Å². The normalized spacial score (nSPS) is 10.8. The maximum atomic E-state index is 6.19. The van der Waals surface area contributed by atoms with Crippen molar-refractivity contribution in [3.8, 4) is 23.0 Å². The topological polar surface area (TPSA) is 47.9 Å². The van der Waals surface area contributed by atoms with E-state index in [0.717, 1.165) is 28.6 Å². The van der Waals surface area contributed by atoms with Crippen LogP contribution in [0.25, 0.3) is 22.3 Å². The number of rotatable bonds is 5. The van der Waals surface area contributed by atoms with Gasteiger partial charge in [0.25, 0.3) is 0 Å². The van der Waals surface area contributed by atoms with Gasteiger partial charge < -0.3 is 4.74 Å². The highest BCUT2D eigenvalue weighted by Crippen LogP contribution is 2.30. The first-order chi connectivity index (χ1) is 14.8. The van der Waals surface area contributed by atoms with E-state index in [2.05, 4.69) is 51.4 Å². The zero-order valence-electron chi connectivity index (χ0n) is 16.3. The third-order valence-electron chi connectivity index (χ3n) is 4.88. The van der Waals surface area contributed by atoms with Gasteiger partial charge in [0.1, 0.15) is 5.75 Å². The number of ether oxygens (including phenoxy) is 1. The van der Waals surface area contributed by atoms with Gasteiger partial charge in [0, 0.05) is 18.0 Å². The number of hydrogen-bond acceptors (Lipinski definition) is 4. The van der Waals surface area contributed by atoms with Crippen LogP contribution in [0.5, 0.6) is 11.6 Å². The Morgan fingerprint density at radius 1 is 0.667 bits per heavy atom. The monoisotopic (exact) mass is 389 g/mol. The van der Waals surface area contributed by atoms with E-state index in [1.807, 2.05) is 54.6 Å². The molecule has 5 aromatic rings. The van der Waals surface area contributed by atoms with Crippen molar-refractivity contribution in [1.29, 1.82) is 0 Å². The van der Waals surface area contributed by atoms with Gasteiger partial charge in [-0.3, -0.25) is 4.98 Å². The quantitative estimate of drug-likeness (QED) is 0.366. The summed E-state index contributed by atoms with van der Waals surface area (Å²) in [5, 5.41) is 0.874. The zero-order chi connectivity index (χ0) is 20.2. The first-order valence-electron chi connectivity index (χ1n) is 9.83. The molecule has 0 saturated heterocycles. The van der Waals surface area contributed by atoms with E-state index in [0.29, 0.717) is 11.7 Å². The lowest BCUT2D eigenvalue weighted by molar-refractivity contribution is 0.469. The molecule has 0 amide bonds. The van der Waals surface area contributed by atoms with Crippen molar-refractivity contribution in [3.05, 3.63) is 115 Å². The summed E-state index contributed by atoms with van der Waals surface area (Å²) in [7, 11) is 0. The summed E-state index contributed by atoms with van der Waals surface area (Å²) in [6, 6.07) is 30.3. The second-order valence-electron chi connectivity index (χ2n) is 7.02. The van der Waals surface area contributed by atoms with Crippen LogP contribution < -0.4 is 4.74 Å². The van der Waals surface area contributed by atoms with Crippen LogP contribution in [0.2, 0.25) is 0 Å². The summed E-state index contributed by atoms with van der Waals surface area (Å²) < 4.78 is 6.19. The van der Waals surface area contributed by atoms with E-state index in [1.54, 1.807) is 12.4 Å². The minimum Gasteiger partial charge on any atom is -0.438 e. The lowest BCUT2D eigenvalue weighted by Gasteiger charge is -2.10. The molecule has 0 N–H and O–H groups in total. The van der Waals surface area contributed by atoms with Crippen molar-refractivity contribution in [2.45, 2.75) is 6.42 Å². The SMILES string of the molecule is c1ccc(Cc2ccc(Oc3nc(-c4cccnc4)nc4ccccc34)cc2)cc1. The molecule has 4 nitrogen and oxygen atoms in total. The largest absolute Gasteiger partial charge is 0.438 e. The Kier molecular flexibility index (Phi) is 4.88. The van der Waals surface area contributed by atoms with E-state index in [-0.39, 0.29) is 0 Å². The molecule has 0 radical (unpaired) electrons. The van der Waals surface area contributed by atoms with Gasteiger partial charge in [-0.15, -0.1) is 0 Å². The molecule has 4 heteroatoms. The molecule has 144 valence electrons. The van der Waals surface area contributed by atoms with E-state index < -0.39 is 0 Å². The van der Waals surface area contributed by atoms with E-state index >= 15 is 0 Å². The average Bonchev–Trinajstić information content (AvgIpc) is 2.81. The first kappa shape index (κ1) is 18.0. The minimum absolute atomic E-state index is 0.537. The van der Waals surface area contributed by atoms with Gasteiger partial charge in [0.2, 0.25) is 5.88 Å². The molecule has 2 aromatic heterocycles. The van der Waals surface area contributed by atoms with Gasteiger partial charge in [-0.2, -0.15) is 4.98 Å². The molecule has 0 unspecified atom stereocenters. The molecular formula is C26H19N3O. The Morgan fingerprint density at radius 3 is 2.23 bits per heavy atom. The molecule has 0 aliphatic rings. The third-order valence-corrected chi connectivity index (χ3v) is 4.88. The van der Waals surface area contributed by atoms with Crippen molar-refractivity contribution in [1.82, 2.24) is 15.0 Å². The summed E-state index contributed by atoms with van der Waals surface area (Å²) in [4.78, 5) is 13.5. The molecule has 2 heterocycles. The smallest absolute Gasteiger partial charge is 0.230 e. The Hall–Kier alpha value is -4.05. The molecule has 5 rings (SSSR count). The number of nitrogens with zero attached hydrogens (tertiary/aromatic N) is 3. The summed E-state index contributed by atoms with van der Waals surface area (Å²) >= 11 is 0. The molecule has 0 atom stereocenters. The van der Waals surface area contributed by atoms with Crippen molar-refractivity contribution in [2.24, 2.45) is 0 Å². The number of pyridine rings is 1. The maximum Gasteiger partial charge on any atom is 0.230 e. The highest BCUT2D eigenvalue weighted by Gasteiger charge is 2.11. The fraction of sp³-hybridized carbons (Fsp3) is 0.0385. The standard InChI is InChI=1S/C26H19N3O/c1-2-7-19(8-3-1)17-20-12-14-22(15-13-20)30-26-23-10-4-5-11-24(23)28-25(29-26)21-9-6-16-27-18-21/h1-16,18H,17H2. The second kappa shape index (κ2) is 8.13. The van der Waals surface area contributed by atoms with Gasteiger partial charge in [0.15, 0.2) is 5.82 Å². The van der Waals surface area contributed by atoms with Crippen LogP contribution in [0.3, 0.4) is 0 Å². The Balaban J connectivity index is 1.46. The molecule has 0 aliphatic heterocycles. The van der Waals surface area contributed by atoms with Crippen molar-refractivity contribution >= 4 is 10.9 Å². The highest BCUT2D eigenvalue weighted by atomic mass is 16.5. The summed E-state index contributed by atoms with van der Waals surface area (Å²) in [6.45, 7) is 0. The molecule has 3 aromatic carbocycles. The number of benzene rings is 3. The summed E-state index contributed by atoms with van der Waals surface area (Å²) in [5.41, 5.74) is 4.21. The van der Waals surface area contributed by atoms with Gasteiger partial charge >= 0.3 is 0 Å². The number of fused-ring (bicyclic) bond motifs is 1. The Labute approximate surface area is 174 Å². The van der Waals surface area contributed by atoms with E-state index in [9.17, 15) is 0 Å². The van der Waals surface area contributed by atoms with Crippen LogP contribution >= 0.6 is 0 Å². The molecule has 0 spiro atoms. The molecular weight excluding hydrogens is 370 g/mol. The summed E-state index contributed by atoms with van der Waals surface area (Å²) in [6.07, 6.45) is 4.38. The molecule has 0 saturated carbocycles. The van der Waals surface area contributed by atoms with E-state index in [1.165, 1.54) is 11.1 Å². The molecule has 0 bridgehead atoms. The first-order valence-corrected chi connectivity index (χ1v) is 9.83. The maximum absolute atomic E-state index is 6.19. The van der Waals surface area contributed by atoms with Crippen molar-refractivity contribution in [2.75, 3.05) is 0 Å². The lowest BCUT2D eigenvalue weighted by atomic mass is 10.1. The van der Waals surface area contributed by atoms with Crippen LogP contribution in [0.15, 0.2) is 103 Å². The van der Waals surface area contributed by atoms with Crippen LogP contribution in [0, 0.1) is 0 Å². The highest BCUT2D eigenvalue weighted by molar-refractivity contribution is 5.85. The van der Waals surface area contributed by atoms with Crippen molar-refractivity contribution in [3.63, 3.8) is 0 Å². The van der Waals surface area contributed by atoms with Crippen molar-refractivity contribution < 1.29 is 4.74 Å². The molecule has 0 fully saturated rings. The van der Waals surface area contributed by atoms with Gasteiger partial charge in [0.05, 0.1) is 10.9 Å². The fourth-order valence-electron chi connectivity index (χ4n) is 3.37. The van der Waals surface area contributed by atoms with Gasteiger partial charge in [-0.1, -0.05) is 54.6 Å². The van der Waals surface area contributed by atoms with Gasteiger partial charge in [-0.05, 0) is 53.9 Å².